The minimum absolute atomic E-state index is 0.0454. The van der Waals surface area contributed by atoms with Gasteiger partial charge in [0.25, 0.3) is 0 Å². The molecule has 3 nitrogen and oxygen atoms in total. The summed E-state index contributed by atoms with van der Waals surface area (Å²) in [6.07, 6.45) is 1.72. The Balaban J connectivity index is 2.19. The minimum atomic E-state index is 0.0454. The van der Waals surface area contributed by atoms with Gasteiger partial charge < -0.3 is 5.32 Å². The van der Waals surface area contributed by atoms with Crippen molar-refractivity contribution in [2.75, 3.05) is 5.32 Å². The molecule has 0 saturated heterocycles. The molecule has 0 amide bonds. The lowest BCUT2D eigenvalue weighted by Crippen LogP contribution is -2.09. The molecule has 0 aliphatic carbocycles. The summed E-state index contributed by atoms with van der Waals surface area (Å²) in [5.41, 5.74) is 0.984. The van der Waals surface area contributed by atoms with Crippen molar-refractivity contribution in [2.45, 2.75) is 19.9 Å². The Morgan fingerprint density at radius 3 is 2.67 bits per heavy atom. The second kappa shape index (κ2) is 5.55. The fraction of sp³-hybridized carbons (Fsp3) is 0.231. The van der Waals surface area contributed by atoms with Crippen molar-refractivity contribution in [3.63, 3.8) is 0 Å². The summed E-state index contributed by atoms with van der Waals surface area (Å²) in [6.45, 7) is 3.87. The summed E-state index contributed by atoms with van der Waals surface area (Å²) in [5.74, 6) is 1.51. The molecule has 0 radical (unpaired) electrons. The Bertz CT molecular complexity index is 558. The zero-order chi connectivity index (χ0) is 13.1. The molecular weight excluding hydrogens is 269 g/mol. The smallest absolute Gasteiger partial charge is 0.130 e. The van der Waals surface area contributed by atoms with Gasteiger partial charge in [-0.05, 0) is 37.6 Å². The molecule has 0 aliphatic rings. The standard InChI is InChI=1S/C13H13Cl2N3/c1-8(11-4-3-10(14)7-12(11)15)17-13-5-6-16-9(2)18-13/h3-8H,1-2H3,(H,16,17,18). The van der Waals surface area contributed by atoms with Crippen LogP contribution in [0.5, 0.6) is 0 Å². The molecule has 0 spiro atoms. The topological polar surface area (TPSA) is 37.8 Å². The average Bonchev–Trinajstić information content (AvgIpc) is 2.28. The number of hydrogen-bond donors (Lipinski definition) is 1. The number of benzene rings is 1. The van der Waals surface area contributed by atoms with Crippen LogP contribution in [0.15, 0.2) is 30.5 Å². The van der Waals surface area contributed by atoms with Crippen molar-refractivity contribution >= 4 is 29.0 Å². The van der Waals surface area contributed by atoms with Crippen LogP contribution in [0.1, 0.15) is 24.4 Å². The lowest BCUT2D eigenvalue weighted by atomic mass is 10.1. The van der Waals surface area contributed by atoms with Gasteiger partial charge >= 0.3 is 0 Å². The highest BCUT2D eigenvalue weighted by atomic mass is 35.5. The fourth-order valence-electron chi connectivity index (χ4n) is 1.69. The molecule has 0 aliphatic heterocycles. The van der Waals surface area contributed by atoms with E-state index in [4.69, 9.17) is 23.2 Å². The molecule has 0 fully saturated rings. The second-order valence-electron chi connectivity index (χ2n) is 4.02. The third kappa shape index (κ3) is 3.12. The second-order valence-corrected chi connectivity index (χ2v) is 4.86. The Kier molecular flexibility index (Phi) is 4.04. The van der Waals surface area contributed by atoms with E-state index < -0.39 is 0 Å². The van der Waals surface area contributed by atoms with Crippen LogP contribution in [0.25, 0.3) is 0 Å². The zero-order valence-electron chi connectivity index (χ0n) is 10.1. The Morgan fingerprint density at radius 2 is 2.00 bits per heavy atom. The molecule has 5 heteroatoms. The molecule has 18 heavy (non-hydrogen) atoms. The summed E-state index contributed by atoms with van der Waals surface area (Å²) < 4.78 is 0. The molecule has 1 aromatic carbocycles. The summed E-state index contributed by atoms with van der Waals surface area (Å²) in [5, 5.41) is 4.56. The molecule has 2 rings (SSSR count). The van der Waals surface area contributed by atoms with E-state index in [1.54, 1.807) is 12.3 Å². The van der Waals surface area contributed by atoms with Crippen LogP contribution in [0.4, 0.5) is 5.82 Å². The zero-order valence-corrected chi connectivity index (χ0v) is 11.6. The maximum atomic E-state index is 6.16. The monoisotopic (exact) mass is 281 g/mol. The molecular formula is C13H13Cl2N3. The number of rotatable bonds is 3. The van der Waals surface area contributed by atoms with Gasteiger partial charge in [-0.3, -0.25) is 0 Å². The Hall–Kier alpha value is -1.32. The maximum absolute atomic E-state index is 6.16. The number of nitrogens with zero attached hydrogens (tertiary/aromatic N) is 2. The van der Waals surface area contributed by atoms with Crippen molar-refractivity contribution in [1.29, 1.82) is 0 Å². The van der Waals surface area contributed by atoms with Crippen molar-refractivity contribution in [2.24, 2.45) is 0 Å². The Morgan fingerprint density at radius 1 is 1.22 bits per heavy atom. The van der Waals surface area contributed by atoms with Gasteiger partial charge in [0, 0.05) is 16.2 Å². The molecule has 1 N–H and O–H groups in total. The van der Waals surface area contributed by atoms with Gasteiger partial charge in [-0.25, -0.2) is 9.97 Å². The van der Waals surface area contributed by atoms with Crippen LogP contribution in [0.3, 0.4) is 0 Å². The highest BCUT2D eigenvalue weighted by Gasteiger charge is 2.10. The van der Waals surface area contributed by atoms with Crippen LogP contribution in [-0.2, 0) is 0 Å². The Labute approximate surface area is 116 Å². The van der Waals surface area contributed by atoms with E-state index in [9.17, 15) is 0 Å². The van der Waals surface area contributed by atoms with Gasteiger partial charge in [-0.1, -0.05) is 29.3 Å². The highest BCUT2D eigenvalue weighted by molar-refractivity contribution is 6.35. The molecule has 2 aromatic rings. The van der Waals surface area contributed by atoms with E-state index in [2.05, 4.69) is 15.3 Å². The summed E-state index contributed by atoms with van der Waals surface area (Å²) in [7, 11) is 0. The number of aryl methyl sites for hydroxylation is 1. The minimum Gasteiger partial charge on any atom is -0.363 e. The van der Waals surface area contributed by atoms with Gasteiger partial charge in [-0.2, -0.15) is 0 Å². The van der Waals surface area contributed by atoms with Gasteiger partial charge in [0.15, 0.2) is 0 Å². The molecule has 1 unspecified atom stereocenters. The van der Waals surface area contributed by atoms with Crippen molar-refractivity contribution < 1.29 is 0 Å². The lowest BCUT2D eigenvalue weighted by molar-refractivity contribution is 0.867. The van der Waals surface area contributed by atoms with Crippen molar-refractivity contribution in [1.82, 2.24) is 9.97 Å². The van der Waals surface area contributed by atoms with E-state index >= 15 is 0 Å². The third-order valence-electron chi connectivity index (χ3n) is 2.57. The number of anilines is 1. The quantitative estimate of drug-likeness (QED) is 0.913. The lowest BCUT2D eigenvalue weighted by Gasteiger charge is -2.16. The molecule has 1 atom stereocenters. The van der Waals surface area contributed by atoms with E-state index in [1.165, 1.54) is 0 Å². The fourth-order valence-corrected chi connectivity index (χ4v) is 2.26. The molecule has 0 saturated carbocycles. The summed E-state index contributed by atoms with van der Waals surface area (Å²) in [6, 6.07) is 7.35. The first-order valence-electron chi connectivity index (χ1n) is 5.57. The highest BCUT2D eigenvalue weighted by Crippen LogP contribution is 2.27. The van der Waals surface area contributed by atoms with E-state index in [1.807, 2.05) is 32.0 Å². The first kappa shape index (κ1) is 13.1. The average molecular weight is 282 g/mol. The van der Waals surface area contributed by atoms with Gasteiger partial charge in [0.1, 0.15) is 11.6 Å². The van der Waals surface area contributed by atoms with Gasteiger partial charge in [0.2, 0.25) is 0 Å². The van der Waals surface area contributed by atoms with E-state index in [0.717, 1.165) is 17.2 Å². The van der Waals surface area contributed by atoms with Gasteiger partial charge in [-0.15, -0.1) is 0 Å². The van der Waals surface area contributed by atoms with Gasteiger partial charge in [0.05, 0.1) is 6.04 Å². The molecule has 1 heterocycles. The van der Waals surface area contributed by atoms with Crippen molar-refractivity contribution in [3.05, 3.63) is 51.9 Å². The first-order valence-corrected chi connectivity index (χ1v) is 6.33. The van der Waals surface area contributed by atoms with Crippen LogP contribution in [0.2, 0.25) is 10.0 Å². The normalized spacial score (nSPS) is 12.2. The third-order valence-corrected chi connectivity index (χ3v) is 3.13. The number of hydrogen-bond acceptors (Lipinski definition) is 3. The molecule has 0 bridgehead atoms. The van der Waals surface area contributed by atoms with E-state index in [0.29, 0.717) is 10.0 Å². The largest absolute Gasteiger partial charge is 0.363 e. The van der Waals surface area contributed by atoms with Crippen LogP contribution in [0, 0.1) is 6.92 Å². The predicted octanol–water partition coefficient (Wildman–Crippen LogP) is 4.26. The van der Waals surface area contributed by atoms with Crippen molar-refractivity contribution in [3.8, 4) is 0 Å². The number of aromatic nitrogens is 2. The SMILES string of the molecule is Cc1nccc(NC(C)c2ccc(Cl)cc2Cl)n1. The number of nitrogens with one attached hydrogen (secondary N) is 1. The first-order chi connectivity index (χ1) is 8.56. The van der Waals surface area contributed by atoms with Crippen LogP contribution < -0.4 is 5.32 Å². The molecule has 1 aromatic heterocycles. The number of halogens is 2. The van der Waals surface area contributed by atoms with Crippen LogP contribution >= 0.6 is 23.2 Å². The van der Waals surface area contributed by atoms with E-state index in [-0.39, 0.29) is 6.04 Å². The molecule has 94 valence electrons. The summed E-state index contributed by atoms with van der Waals surface area (Å²) in [4.78, 5) is 8.35. The maximum Gasteiger partial charge on any atom is 0.130 e. The van der Waals surface area contributed by atoms with Crippen LogP contribution in [-0.4, -0.2) is 9.97 Å². The summed E-state index contributed by atoms with van der Waals surface area (Å²) >= 11 is 12.0. The predicted molar refractivity (Wildman–Crippen MR) is 75.3 cm³/mol.